The average Bonchev–Trinajstić information content (AvgIpc) is 2.60. The molecule has 1 atom stereocenters. The van der Waals surface area contributed by atoms with Gasteiger partial charge in [-0.05, 0) is 45.2 Å². The Morgan fingerprint density at radius 2 is 2.09 bits per heavy atom. The minimum Gasteiger partial charge on any atom is -0.384 e. The van der Waals surface area contributed by atoms with Crippen molar-refractivity contribution in [1.29, 1.82) is 0 Å². The maximum atomic E-state index is 13.1. The highest BCUT2D eigenvalue weighted by molar-refractivity contribution is 5.85. The first-order valence-electron chi connectivity index (χ1n) is 8.89. The number of amides is 2. The van der Waals surface area contributed by atoms with Crippen LogP contribution in [-0.2, 0) is 14.3 Å². The molecule has 6 nitrogen and oxygen atoms in total. The molecule has 2 N–H and O–H groups in total. The second-order valence-electron chi connectivity index (χ2n) is 6.84. The van der Waals surface area contributed by atoms with E-state index >= 15 is 0 Å². The zero-order valence-corrected chi connectivity index (χ0v) is 14.5. The van der Waals surface area contributed by atoms with Crippen molar-refractivity contribution in [3.05, 3.63) is 0 Å². The van der Waals surface area contributed by atoms with Gasteiger partial charge >= 0.3 is 0 Å². The van der Waals surface area contributed by atoms with Gasteiger partial charge in [0.25, 0.3) is 0 Å². The van der Waals surface area contributed by atoms with E-state index in [2.05, 4.69) is 10.6 Å². The van der Waals surface area contributed by atoms with Crippen LogP contribution >= 0.6 is 0 Å². The van der Waals surface area contributed by atoms with Crippen LogP contribution in [0.15, 0.2) is 0 Å². The van der Waals surface area contributed by atoms with Gasteiger partial charge < -0.3 is 20.3 Å². The molecular formula is C17H31N3O3. The molecule has 2 saturated heterocycles. The van der Waals surface area contributed by atoms with Gasteiger partial charge in [-0.3, -0.25) is 9.59 Å². The summed E-state index contributed by atoms with van der Waals surface area (Å²) in [4.78, 5) is 27.3. The topological polar surface area (TPSA) is 70.7 Å². The van der Waals surface area contributed by atoms with Gasteiger partial charge in [-0.2, -0.15) is 0 Å². The summed E-state index contributed by atoms with van der Waals surface area (Å²) in [6, 6.07) is 0. The van der Waals surface area contributed by atoms with E-state index in [0.29, 0.717) is 19.7 Å². The van der Waals surface area contributed by atoms with Gasteiger partial charge in [-0.1, -0.05) is 6.92 Å². The molecule has 0 aliphatic carbocycles. The van der Waals surface area contributed by atoms with E-state index in [-0.39, 0.29) is 17.7 Å². The maximum Gasteiger partial charge on any atom is 0.231 e. The van der Waals surface area contributed by atoms with Crippen LogP contribution in [0.3, 0.4) is 0 Å². The summed E-state index contributed by atoms with van der Waals surface area (Å²) in [5.74, 6) is 0.199. The first-order chi connectivity index (χ1) is 11.1. The van der Waals surface area contributed by atoms with E-state index in [1.54, 1.807) is 7.11 Å². The zero-order chi connectivity index (χ0) is 16.7. The van der Waals surface area contributed by atoms with E-state index in [1.165, 1.54) is 0 Å². The highest BCUT2D eigenvalue weighted by Crippen LogP contribution is 2.33. The molecule has 2 amide bonds. The molecule has 6 heteroatoms. The average molecular weight is 325 g/mol. The predicted octanol–water partition coefficient (Wildman–Crippen LogP) is 0.767. The standard InChI is InChI=1S/C17H31N3O3/c1-3-8-19-15(21)14-5-4-11-20(12-14)16(22)17(13-23-2)6-9-18-10-7-17/h14,18H,3-13H2,1-2H3,(H,19,21). The number of likely N-dealkylation sites (tertiary alicyclic amines) is 1. The van der Waals surface area contributed by atoms with Crippen molar-refractivity contribution in [2.24, 2.45) is 11.3 Å². The Balaban J connectivity index is 2.01. The third kappa shape index (κ3) is 4.44. The first kappa shape index (κ1) is 18.2. The molecule has 0 radical (unpaired) electrons. The lowest BCUT2D eigenvalue weighted by molar-refractivity contribution is -0.150. The number of hydrogen-bond donors (Lipinski definition) is 2. The summed E-state index contributed by atoms with van der Waals surface area (Å²) in [5, 5.41) is 6.28. The highest BCUT2D eigenvalue weighted by atomic mass is 16.5. The van der Waals surface area contributed by atoms with Gasteiger partial charge in [0.15, 0.2) is 0 Å². The van der Waals surface area contributed by atoms with Gasteiger partial charge in [0.1, 0.15) is 0 Å². The maximum absolute atomic E-state index is 13.1. The van der Waals surface area contributed by atoms with Crippen LogP contribution in [0.5, 0.6) is 0 Å². The van der Waals surface area contributed by atoms with Gasteiger partial charge in [-0.15, -0.1) is 0 Å². The molecule has 2 fully saturated rings. The quantitative estimate of drug-likeness (QED) is 0.757. The number of piperidine rings is 2. The lowest BCUT2D eigenvalue weighted by Crippen LogP contribution is -2.55. The lowest BCUT2D eigenvalue weighted by atomic mass is 9.77. The van der Waals surface area contributed by atoms with Crippen molar-refractivity contribution >= 4 is 11.8 Å². The van der Waals surface area contributed by atoms with Crippen molar-refractivity contribution in [3.8, 4) is 0 Å². The molecule has 23 heavy (non-hydrogen) atoms. The minimum absolute atomic E-state index is 0.0689. The van der Waals surface area contributed by atoms with Gasteiger partial charge in [0, 0.05) is 26.7 Å². The number of nitrogens with one attached hydrogen (secondary N) is 2. The lowest BCUT2D eigenvalue weighted by Gasteiger charge is -2.42. The van der Waals surface area contributed by atoms with Gasteiger partial charge in [0.2, 0.25) is 11.8 Å². The summed E-state index contributed by atoms with van der Waals surface area (Å²) in [6.07, 6.45) is 4.33. The van der Waals surface area contributed by atoms with E-state index in [1.807, 2.05) is 11.8 Å². The van der Waals surface area contributed by atoms with Crippen LogP contribution in [-0.4, -0.2) is 63.2 Å². The van der Waals surface area contributed by atoms with E-state index in [4.69, 9.17) is 4.74 Å². The molecule has 132 valence electrons. The summed E-state index contributed by atoms with van der Waals surface area (Å²) >= 11 is 0. The Bertz CT molecular complexity index is 402. The normalized spacial score (nSPS) is 24.3. The zero-order valence-electron chi connectivity index (χ0n) is 14.5. The molecule has 0 saturated carbocycles. The summed E-state index contributed by atoms with van der Waals surface area (Å²) in [5.41, 5.74) is -0.415. The fraction of sp³-hybridized carbons (Fsp3) is 0.882. The van der Waals surface area contributed by atoms with Crippen LogP contribution in [0.1, 0.15) is 39.0 Å². The molecule has 2 aliphatic rings. The second kappa shape index (κ2) is 8.64. The van der Waals surface area contributed by atoms with Crippen molar-refractivity contribution in [1.82, 2.24) is 15.5 Å². The van der Waals surface area contributed by atoms with Crippen LogP contribution in [0, 0.1) is 11.3 Å². The SMILES string of the molecule is CCCNC(=O)C1CCCN(C(=O)C2(COC)CCNCC2)C1. The summed E-state index contributed by atoms with van der Waals surface area (Å²) < 4.78 is 5.37. The molecule has 1 unspecified atom stereocenters. The van der Waals surface area contributed by atoms with Crippen molar-refractivity contribution in [3.63, 3.8) is 0 Å². The number of methoxy groups -OCH3 is 1. The number of ether oxygens (including phenoxy) is 1. The molecule has 2 aliphatic heterocycles. The fourth-order valence-corrected chi connectivity index (χ4v) is 3.71. The van der Waals surface area contributed by atoms with Crippen LogP contribution in [0.2, 0.25) is 0 Å². The Labute approximate surface area is 139 Å². The highest BCUT2D eigenvalue weighted by Gasteiger charge is 2.43. The molecule has 0 spiro atoms. The molecule has 0 aromatic carbocycles. The molecule has 0 bridgehead atoms. The number of carbonyl (C=O) groups excluding carboxylic acids is 2. The summed E-state index contributed by atoms with van der Waals surface area (Å²) in [7, 11) is 1.66. The van der Waals surface area contributed by atoms with Crippen molar-refractivity contribution in [2.45, 2.75) is 39.0 Å². The Morgan fingerprint density at radius 3 is 2.74 bits per heavy atom. The second-order valence-corrected chi connectivity index (χ2v) is 6.84. The van der Waals surface area contributed by atoms with Crippen molar-refractivity contribution in [2.75, 3.05) is 46.4 Å². The van der Waals surface area contributed by atoms with Crippen LogP contribution in [0.4, 0.5) is 0 Å². The number of nitrogens with zero attached hydrogens (tertiary/aromatic N) is 1. The first-order valence-corrected chi connectivity index (χ1v) is 8.89. The summed E-state index contributed by atoms with van der Waals surface area (Å²) in [6.45, 7) is 6.23. The third-order valence-electron chi connectivity index (χ3n) is 5.06. The molecular weight excluding hydrogens is 294 g/mol. The van der Waals surface area contributed by atoms with E-state index in [9.17, 15) is 9.59 Å². The molecule has 0 aromatic rings. The Hall–Kier alpha value is -1.14. The largest absolute Gasteiger partial charge is 0.384 e. The Kier molecular flexibility index (Phi) is 6.84. The monoisotopic (exact) mass is 325 g/mol. The van der Waals surface area contributed by atoms with E-state index in [0.717, 1.165) is 51.7 Å². The number of carbonyl (C=O) groups is 2. The van der Waals surface area contributed by atoms with Gasteiger partial charge in [0.05, 0.1) is 17.9 Å². The molecule has 0 aromatic heterocycles. The van der Waals surface area contributed by atoms with E-state index < -0.39 is 5.41 Å². The van der Waals surface area contributed by atoms with Crippen LogP contribution in [0.25, 0.3) is 0 Å². The molecule has 2 rings (SSSR count). The van der Waals surface area contributed by atoms with Gasteiger partial charge in [-0.25, -0.2) is 0 Å². The fourth-order valence-electron chi connectivity index (χ4n) is 3.71. The number of rotatable bonds is 6. The predicted molar refractivity (Wildman–Crippen MR) is 89.0 cm³/mol. The smallest absolute Gasteiger partial charge is 0.231 e. The Morgan fingerprint density at radius 1 is 1.35 bits per heavy atom. The number of hydrogen-bond acceptors (Lipinski definition) is 4. The van der Waals surface area contributed by atoms with Crippen molar-refractivity contribution < 1.29 is 14.3 Å². The minimum atomic E-state index is -0.415. The van der Waals surface area contributed by atoms with Crippen LogP contribution < -0.4 is 10.6 Å². The molecule has 2 heterocycles. The third-order valence-corrected chi connectivity index (χ3v) is 5.06.